The van der Waals surface area contributed by atoms with Crippen molar-refractivity contribution >= 4 is 11.6 Å². The van der Waals surface area contributed by atoms with Crippen LogP contribution < -0.4 is 9.64 Å². The normalized spacial score (nSPS) is 17.8. The highest BCUT2D eigenvalue weighted by atomic mass is 16.5. The van der Waals surface area contributed by atoms with Crippen molar-refractivity contribution in [2.45, 2.75) is 25.8 Å². The summed E-state index contributed by atoms with van der Waals surface area (Å²) in [5, 5.41) is 4.34. The summed E-state index contributed by atoms with van der Waals surface area (Å²) in [5.74, 6) is 2.60. The molecule has 1 unspecified atom stereocenters. The summed E-state index contributed by atoms with van der Waals surface area (Å²) in [6, 6.07) is 10.8. The zero-order valence-corrected chi connectivity index (χ0v) is 13.3. The Morgan fingerprint density at radius 3 is 2.83 bits per heavy atom. The van der Waals surface area contributed by atoms with Gasteiger partial charge >= 0.3 is 0 Å². The minimum absolute atomic E-state index is 0.343. The monoisotopic (exact) mass is 309 g/mol. The van der Waals surface area contributed by atoms with Gasteiger partial charge in [-0.25, -0.2) is 4.98 Å². The van der Waals surface area contributed by atoms with E-state index in [0.29, 0.717) is 11.8 Å². The SMILES string of the molecule is COc1ccc(C2CCCN2c2cc(C)nc3ncnn23)cc1. The summed E-state index contributed by atoms with van der Waals surface area (Å²) in [7, 11) is 1.69. The van der Waals surface area contributed by atoms with Crippen molar-refractivity contribution in [2.75, 3.05) is 18.6 Å². The van der Waals surface area contributed by atoms with E-state index in [0.717, 1.165) is 36.6 Å². The molecule has 23 heavy (non-hydrogen) atoms. The molecule has 0 N–H and O–H groups in total. The van der Waals surface area contributed by atoms with E-state index in [-0.39, 0.29) is 0 Å². The lowest BCUT2D eigenvalue weighted by atomic mass is 10.0. The number of methoxy groups -OCH3 is 1. The van der Waals surface area contributed by atoms with Crippen LogP contribution >= 0.6 is 0 Å². The lowest BCUT2D eigenvalue weighted by Crippen LogP contribution is -2.25. The van der Waals surface area contributed by atoms with E-state index in [9.17, 15) is 0 Å². The molecule has 1 aromatic carbocycles. The number of hydrogen-bond donors (Lipinski definition) is 0. The molecule has 0 bridgehead atoms. The van der Waals surface area contributed by atoms with Crippen LogP contribution in [0.3, 0.4) is 0 Å². The number of fused-ring (bicyclic) bond motifs is 1. The zero-order chi connectivity index (χ0) is 15.8. The molecule has 1 aliphatic heterocycles. The lowest BCUT2D eigenvalue weighted by Gasteiger charge is -2.27. The molecule has 6 heteroatoms. The minimum atomic E-state index is 0.343. The van der Waals surface area contributed by atoms with Crippen LogP contribution in [0.4, 0.5) is 5.82 Å². The standard InChI is InChI=1S/C17H19N5O/c1-12-10-16(22-17(20-12)18-11-19-22)21-9-3-4-15(21)13-5-7-14(23-2)8-6-13/h5-8,10-11,15H,3-4,9H2,1-2H3. The first kappa shape index (κ1) is 14.0. The molecule has 0 radical (unpaired) electrons. The number of aromatic nitrogens is 4. The van der Waals surface area contributed by atoms with E-state index in [1.54, 1.807) is 13.4 Å². The number of nitrogens with zero attached hydrogens (tertiary/aromatic N) is 5. The molecular weight excluding hydrogens is 290 g/mol. The van der Waals surface area contributed by atoms with Gasteiger partial charge in [0.05, 0.1) is 13.2 Å². The summed E-state index contributed by atoms with van der Waals surface area (Å²) in [6.45, 7) is 3.01. The largest absolute Gasteiger partial charge is 0.497 e. The quantitative estimate of drug-likeness (QED) is 0.744. The Balaban J connectivity index is 1.75. The third kappa shape index (κ3) is 2.40. The van der Waals surface area contributed by atoms with E-state index < -0.39 is 0 Å². The number of ether oxygens (including phenoxy) is 1. The first-order valence-corrected chi connectivity index (χ1v) is 7.84. The molecule has 118 valence electrons. The molecule has 1 saturated heterocycles. The van der Waals surface area contributed by atoms with Crippen LogP contribution in [0.25, 0.3) is 5.78 Å². The van der Waals surface area contributed by atoms with Gasteiger partial charge in [0.25, 0.3) is 5.78 Å². The first-order valence-electron chi connectivity index (χ1n) is 7.84. The third-order valence-electron chi connectivity index (χ3n) is 4.41. The fourth-order valence-electron chi connectivity index (χ4n) is 3.33. The van der Waals surface area contributed by atoms with Gasteiger partial charge in [-0.3, -0.25) is 0 Å². The van der Waals surface area contributed by atoms with Gasteiger partial charge in [-0.15, -0.1) is 0 Å². The van der Waals surface area contributed by atoms with Gasteiger partial charge in [-0.2, -0.15) is 14.6 Å². The van der Waals surface area contributed by atoms with Crippen LogP contribution in [0.5, 0.6) is 5.75 Å². The van der Waals surface area contributed by atoms with E-state index in [1.165, 1.54) is 5.56 Å². The van der Waals surface area contributed by atoms with Crippen LogP contribution in [0, 0.1) is 6.92 Å². The van der Waals surface area contributed by atoms with E-state index in [2.05, 4.69) is 38.2 Å². The molecule has 6 nitrogen and oxygen atoms in total. The van der Waals surface area contributed by atoms with Crippen LogP contribution in [0.1, 0.15) is 30.1 Å². The maximum atomic E-state index is 5.26. The molecule has 3 aromatic rings. The molecule has 1 aliphatic rings. The molecule has 1 atom stereocenters. The highest BCUT2D eigenvalue weighted by Crippen LogP contribution is 2.36. The average Bonchev–Trinajstić information content (AvgIpc) is 3.23. The van der Waals surface area contributed by atoms with Gasteiger partial charge in [0.2, 0.25) is 0 Å². The highest BCUT2D eigenvalue weighted by Gasteiger charge is 2.28. The third-order valence-corrected chi connectivity index (χ3v) is 4.41. The van der Waals surface area contributed by atoms with Crippen LogP contribution in [-0.4, -0.2) is 33.2 Å². The predicted octanol–water partition coefficient (Wildman–Crippen LogP) is 2.78. The smallest absolute Gasteiger partial charge is 0.254 e. The summed E-state index contributed by atoms with van der Waals surface area (Å²) >= 11 is 0. The maximum absolute atomic E-state index is 5.26. The van der Waals surface area contributed by atoms with Crippen LogP contribution in [0.15, 0.2) is 36.7 Å². The van der Waals surface area contributed by atoms with Crippen molar-refractivity contribution < 1.29 is 4.74 Å². The Morgan fingerprint density at radius 2 is 2.04 bits per heavy atom. The second-order valence-electron chi connectivity index (χ2n) is 5.85. The van der Waals surface area contributed by atoms with Crippen LogP contribution in [-0.2, 0) is 0 Å². The zero-order valence-electron chi connectivity index (χ0n) is 13.3. The molecular formula is C17H19N5O. The van der Waals surface area contributed by atoms with E-state index in [4.69, 9.17) is 4.74 Å². The van der Waals surface area contributed by atoms with Gasteiger partial charge in [0.15, 0.2) is 0 Å². The second-order valence-corrected chi connectivity index (χ2v) is 5.85. The number of anilines is 1. The fourth-order valence-corrected chi connectivity index (χ4v) is 3.33. The molecule has 0 spiro atoms. The van der Waals surface area contributed by atoms with Gasteiger partial charge in [0.1, 0.15) is 17.9 Å². The van der Waals surface area contributed by atoms with Crippen molar-refractivity contribution in [1.29, 1.82) is 0 Å². The van der Waals surface area contributed by atoms with Gasteiger partial charge in [0, 0.05) is 18.3 Å². The summed E-state index contributed by atoms with van der Waals surface area (Å²) in [6.07, 6.45) is 3.85. The molecule has 0 aliphatic carbocycles. The molecule has 0 amide bonds. The first-order chi connectivity index (χ1) is 11.3. The Hall–Kier alpha value is -2.63. The number of rotatable bonds is 3. The molecule has 3 heterocycles. The van der Waals surface area contributed by atoms with Crippen LogP contribution in [0.2, 0.25) is 0 Å². The van der Waals surface area contributed by atoms with Gasteiger partial charge in [-0.05, 0) is 37.5 Å². The second kappa shape index (κ2) is 5.53. The van der Waals surface area contributed by atoms with Gasteiger partial charge < -0.3 is 9.64 Å². The van der Waals surface area contributed by atoms with Crippen molar-refractivity contribution in [1.82, 2.24) is 19.6 Å². The van der Waals surface area contributed by atoms with E-state index >= 15 is 0 Å². The summed E-state index contributed by atoms with van der Waals surface area (Å²) < 4.78 is 7.09. The summed E-state index contributed by atoms with van der Waals surface area (Å²) in [5.41, 5.74) is 2.26. The number of hydrogen-bond acceptors (Lipinski definition) is 5. The fraction of sp³-hybridized carbons (Fsp3) is 0.353. The highest BCUT2D eigenvalue weighted by molar-refractivity contribution is 5.50. The van der Waals surface area contributed by atoms with Crippen molar-refractivity contribution in [2.24, 2.45) is 0 Å². The van der Waals surface area contributed by atoms with E-state index in [1.807, 2.05) is 23.6 Å². The average molecular weight is 309 g/mol. The number of benzene rings is 1. The lowest BCUT2D eigenvalue weighted by molar-refractivity contribution is 0.414. The Bertz CT molecular complexity index is 827. The molecule has 0 saturated carbocycles. The maximum Gasteiger partial charge on any atom is 0.254 e. The minimum Gasteiger partial charge on any atom is -0.497 e. The Kier molecular flexibility index (Phi) is 3.37. The number of aryl methyl sites for hydroxylation is 1. The molecule has 4 rings (SSSR count). The Labute approximate surface area is 134 Å². The van der Waals surface area contributed by atoms with Crippen molar-refractivity contribution in [3.05, 3.63) is 47.9 Å². The summed E-state index contributed by atoms with van der Waals surface area (Å²) in [4.78, 5) is 11.1. The Morgan fingerprint density at radius 1 is 1.22 bits per heavy atom. The molecule has 1 fully saturated rings. The topological polar surface area (TPSA) is 55.5 Å². The van der Waals surface area contributed by atoms with Gasteiger partial charge in [-0.1, -0.05) is 12.1 Å². The predicted molar refractivity (Wildman–Crippen MR) is 87.8 cm³/mol. The van der Waals surface area contributed by atoms with Crippen molar-refractivity contribution in [3.8, 4) is 5.75 Å². The van der Waals surface area contributed by atoms with Crippen molar-refractivity contribution in [3.63, 3.8) is 0 Å². The molecule has 2 aromatic heterocycles.